The summed E-state index contributed by atoms with van der Waals surface area (Å²) < 4.78 is 63.9. The van der Waals surface area contributed by atoms with Gasteiger partial charge in [0, 0.05) is 6.54 Å². The van der Waals surface area contributed by atoms with E-state index in [0.29, 0.717) is 4.90 Å². The van der Waals surface area contributed by atoms with Crippen LogP contribution in [0.4, 0.5) is 22.0 Å². The molecule has 0 unspecified atom stereocenters. The highest BCUT2D eigenvalue weighted by atomic mass is 19.4. The summed E-state index contributed by atoms with van der Waals surface area (Å²) in [6, 6.07) is 2.83. The van der Waals surface area contributed by atoms with Crippen molar-refractivity contribution in [2.24, 2.45) is 5.92 Å². The predicted molar refractivity (Wildman–Crippen MR) is 63.2 cm³/mol. The summed E-state index contributed by atoms with van der Waals surface area (Å²) in [5.74, 6) is -4.12. The van der Waals surface area contributed by atoms with E-state index in [4.69, 9.17) is 0 Å². The Morgan fingerprint density at radius 2 is 1.85 bits per heavy atom. The first-order valence-corrected chi connectivity index (χ1v) is 5.92. The van der Waals surface area contributed by atoms with Crippen LogP contribution in [0.5, 0.6) is 0 Å². The SMILES string of the molecule is CC(C)CN(CC(F)(F)F)C(=O)c1cccc(F)c1F. The molecule has 1 aromatic rings. The Kier molecular flexibility index (Phi) is 5.08. The molecule has 0 aromatic heterocycles. The van der Waals surface area contributed by atoms with Gasteiger partial charge in [-0.1, -0.05) is 19.9 Å². The molecular weight excluding hydrogens is 281 g/mol. The summed E-state index contributed by atoms with van der Waals surface area (Å²) in [6.07, 6.45) is -4.60. The number of halogens is 5. The molecule has 1 amide bonds. The normalized spacial score (nSPS) is 11.8. The zero-order chi connectivity index (χ0) is 15.5. The van der Waals surface area contributed by atoms with Gasteiger partial charge in [-0.05, 0) is 18.1 Å². The van der Waals surface area contributed by atoms with Crippen molar-refractivity contribution in [2.75, 3.05) is 13.1 Å². The van der Waals surface area contributed by atoms with Gasteiger partial charge in [0.05, 0.1) is 5.56 Å². The molecule has 0 bridgehead atoms. The molecule has 1 aromatic carbocycles. The largest absolute Gasteiger partial charge is 0.406 e. The van der Waals surface area contributed by atoms with Crippen LogP contribution in [0.25, 0.3) is 0 Å². The molecule has 0 spiro atoms. The molecule has 0 saturated heterocycles. The Hall–Kier alpha value is -1.66. The molecule has 0 radical (unpaired) electrons. The first-order chi connectivity index (χ1) is 9.11. The second-order valence-electron chi connectivity index (χ2n) is 4.80. The highest BCUT2D eigenvalue weighted by Gasteiger charge is 2.34. The van der Waals surface area contributed by atoms with Crippen molar-refractivity contribution in [3.05, 3.63) is 35.4 Å². The van der Waals surface area contributed by atoms with E-state index in [1.54, 1.807) is 13.8 Å². The first kappa shape index (κ1) is 16.4. The second-order valence-corrected chi connectivity index (χ2v) is 4.80. The molecule has 0 aliphatic carbocycles. The van der Waals surface area contributed by atoms with Crippen LogP contribution in [-0.2, 0) is 0 Å². The molecule has 0 N–H and O–H groups in total. The molecule has 1 rings (SSSR count). The number of carbonyl (C=O) groups excluding carboxylic acids is 1. The third-order valence-corrected chi connectivity index (χ3v) is 2.42. The van der Waals surface area contributed by atoms with Crippen molar-refractivity contribution < 1.29 is 26.7 Å². The third kappa shape index (κ3) is 4.47. The number of amides is 1. The van der Waals surface area contributed by atoms with E-state index < -0.39 is 35.8 Å². The first-order valence-electron chi connectivity index (χ1n) is 5.92. The van der Waals surface area contributed by atoms with Gasteiger partial charge in [0.2, 0.25) is 0 Å². The van der Waals surface area contributed by atoms with Gasteiger partial charge < -0.3 is 4.90 Å². The van der Waals surface area contributed by atoms with Gasteiger partial charge in [-0.15, -0.1) is 0 Å². The molecule has 0 aliphatic rings. The Morgan fingerprint density at radius 1 is 1.25 bits per heavy atom. The standard InChI is InChI=1S/C13H14F5NO/c1-8(2)6-19(7-13(16,17)18)12(20)9-4-3-5-10(14)11(9)15/h3-5,8H,6-7H2,1-2H3. The third-order valence-electron chi connectivity index (χ3n) is 2.42. The minimum Gasteiger partial charge on any atom is -0.329 e. The average Bonchev–Trinajstić information content (AvgIpc) is 2.28. The van der Waals surface area contributed by atoms with Gasteiger partial charge in [0.15, 0.2) is 11.6 Å². The smallest absolute Gasteiger partial charge is 0.329 e. The van der Waals surface area contributed by atoms with Crippen LogP contribution < -0.4 is 0 Å². The molecule has 0 heterocycles. The molecule has 0 atom stereocenters. The summed E-state index contributed by atoms with van der Waals surface area (Å²) in [7, 11) is 0. The van der Waals surface area contributed by atoms with Crippen molar-refractivity contribution in [1.82, 2.24) is 4.90 Å². The second kappa shape index (κ2) is 6.19. The van der Waals surface area contributed by atoms with Crippen LogP contribution in [-0.4, -0.2) is 30.1 Å². The lowest BCUT2D eigenvalue weighted by molar-refractivity contribution is -0.141. The topological polar surface area (TPSA) is 20.3 Å². The average molecular weight is 295 g/mol. The lowest BCUT2D eigenvalue weighted by Gasteiger charge is -2.25. The number of benzene rings is 1. The summed E-state index contributed by atoms with van der Waals surface area (Å²) in [5.41, 5.74) is -0.699. The van der Waals surface area contributed by atoms with Crippen molar-refractivity contribution in [3.63, 3.8) is 0 Å². The fraction of sp³-hybridized carbons (Fsp3) is 0.462. The van der Waals surface area contributed by atoms with Gasteiger partial charge in [-0.3, -0.25) is 4.79 Å². The van der Waals surface area contributed by atoms with Gasteiger partial charge in [-0.25, -0.2) is 8.78 Å². The number of nitrogens with zero attached hydrogens (tertiary/aromatic N) is 1. The molecule has 0 saturated carbocycles. The van der Waals surface area contributed by atoms with E-state index in [1.165, 1.54) is 0 Å². The van der Waals surface area contributed by atoms with Gasteiger partial charge in [0.1, 0.15) is 6.54 Å². The molecule has 0 fully saturated rings. The van der Waals surface area contributed by atoms with E-state index in [2.05, 4.69) is 0 Å². The van der Waals surface area contributed by atoms with E-state index in [0.717, 1.165) is 18.2 Å². The van der Waals surface area contributed by atoms with Crippen LogP contribution in [0, 0.1) is 17.6 Å². The van der Waals surface area contributed by atoms with Gasteiger partial charge in [0.25, 0.3) is 5.91 Å². The van der Waals surface area contributed by atoms with Crippen LogP contribution in [0.2, 0.25) is 0 Å². The Bertz CT molecular complexity index is 484. The van der Waals surface area contributed by atoms with E-state index >= 15 is 0 Å². The molecular formula is C13H14F5NO. The number of rotatable bonds is 4. The molecule has 20 heavy (non-hydrogen) atoms. The van der Waals surface area contributed by atoms with Crippen LogP contribution in [0.15, 0.2) is 18.2 Å². The van der Waals surface area contributed by atoms with Gasteiger partial charge in [-0.2, -0.15) is 13.2 Å². The summed E-state index contributed by atoms with van der Waals surface area (Å²) >= 11 is 0. The van der Waals surface area contributed by atoms with Crippen molar-refractivity contribution in [3.8, 4) is 0 Å². The quantitative estimate of drug-likeness (QED) is 0.777. The fourth-order valence-corrected chi connectivity index (χ4v) is 1.72. The Balaban J connectivity index is 3.06. The van der Waals surface area contributed by atoms with Crippen LogP contribution in [0.1, 0.15) is 24.2 Å². The summed E-state index contributed by atoms with van der Waals surface area (Å²) in [4.78, 5) is 12.4. The zero-order valence-electron chi connectivity index (χ0n) is 11.0. The van der Waals surface area contributed by atoms with Crippen molar-refractivity contribution in [1.29, 1.82) is 0 Å². The number of hydrogen-bond donors (Lipinski definition) is 0. The lowest BCUT2D eigenvalue weighted by atomic mass is 10.1. The highest BCUT2D eigenvalue weighted by molar-refractivity contribution is 5.94. The van der Waals surface area contributed by atoms with Crippen molar-refractivity contribution >= 4 is 5.91 Å². The molecule has 2 nitrogen and oxygen atoms in total. The maximum atomic E-state index is 13.5. The number of alkyl halides is 3. The maximum absolute atomic E-state index is 13.5. The predicted octanol–water partition coefficient (Wildman–Crippen LogP) is 3.63. The van der Waals surface area contributed by atoms with Crippen LogP contribution >= 0.6 is 0 Å². The summed E-state index contributed by atoms with van der Waals surface area (Å²) in [5, 5.41) is 0. The monoisotopic (exact) mass is 295 g/mol. The van der Waals surface area contributed by atoms with Crippen molar-refractivity contribution in [2.45, 2.75) is 20.0 Å². The van der Waals surface area contributed by atoms with Gasteiger partial charge >= 0.3 is 6.18 Å². The molecule has 112 valence electrons. The maximum Gasteiger partial charge on any atom is 0.406 e. The lowest BCUT2D eigenvalue weighted by Crippen LogP contribution is -2.41. The van der Waals surface area contributed by atoms with Crippen LogP contribution in [0.3, 0.4) is 0 Å². The minimum absolute atomic E-state index is 0.200. The number of carbonyl (C=O) groups is 1. The van der Waals surface area contributed by atoms with E-state index in [1.807, 2.05) is 0 Å². The number of hydrogen-bond acceptors (Lipinski definition) is 1. The fourth-order valence-electron chi connectivity index (χ4n) is 1.72. The Labute approximate surface area is 113 Å². The molecule has 0 aliphatic heterocycles. The minimum atomic E-state index is -4.60. The zero-order valence-corrected chi connectivity index (χ0v) is 11.0. The van der Waals surface area contributed by atoms with E-state index in [-0.39, 0.29) is 12.5 Å². The molecule has 7 heteroatoms. The Morgan fingerprint density at radius 3 is 2.35 bits per heavy atom. The van der Waals surface area contributed by atoms with E-state index in [9.17, 15) is 26.7 Å². The highest BCUT2D eigenvalue weighted by Crippen LogP contribution is 2.21. The summed E-state index contributed by atoms with van der Waals surface area (Å²) in [6.45, 7) is 1.55.